The van der Waals surface area contributed by atoms with Crippen LogP contribution in [0, 0.1) is 0 Å². The molecule has 8 nitrogen and oxygen atoms in total. The van der Waals surface area contributed by atoms with Crippen LogP contribution in [0.15, 0.2) is 54.6 Å². The molecular formula is C28H30ClN5O3. The van der Waals surface area contributed by atoms with Crippen molar-refractivity contribution >= 4 is 29.1 Å². The van der Waals surface area contributed by atoms with Gasteiger partial charge in [0, 0.05) is 44.7 Å². The molecule has 4 heterocycles. The molecule has 6 rings (SSSR count). The van der Waals surface area contributed by atoms with E-state index in [-0.39, 0.29) is 11.6 Å². The molecule has 37 heavy (non-hydrogen) atoms. The Morgan fingerprint density at radius 2 is 1.73 bits per heavy atom. The third kappa shape index (κ3) is 5.22. The minimum atomic E-state index is -0.177. The first kappa shape index (κ1) is 24.0. The van der Waals surface area contributed by atoms with Gasteiger partial charge in [-0.3, -0.25) is 0 Å². The zero-order chi connectivity index (χ0) is 25.2. The predicted octanol–water partition coefficient (Wildman–Crippen LogP) is 5.03. The van der Waals surface area contributed by atoms with E-state index in [1.807, 2.05) is 18.2 Å². The van der Waals surface area contributed by atoms with Crippen LogP contribution in [-0.4, -0.2) is 66.1 Å². The zero-order valence-electron chi connectivity index (χ0n) is 20.7. The van der Waals surface area contributed by atoms with Gasteiger partial charge in [0.1, 0.15) is 11.4 Å². The van der Waals surface area contributed by atoms with Crippen molar-refractivity contribution in [2.75, 3.05) is 49.6 Å². The highest BCUT2D eigenvalue weighted by atomic mass is 35.5. The molecule has 3 aliphatic rings. The van der Waals surface area contributed by atoms with Crippen LogP contribution in [0.5, 0.6) is 5.75 Å². The topological polar surface area (TPSA) is 79.8 Å². The van der Waals surface area contributed by atoms with Crippen LogP contribution in [0.25, 0.3) is 11.1 Å². The van der Waals surface area contributed by atoms with Crippen molar-refractivity contribution in [3.8, 4) is 16.9 Å². The number of carbonyl (C=O) groups is 1. The summed E-state index contributed by atoms with van der Waals surface area (Å²) in [6.07, 6.45) is 3.87. The van der Waals surface area contributed by atoms with Gasteiger partial charge < -0.3 is 24.6 Å². The highest BCUT2D eigenvalue weighted by Crippen LogP contribution is 2.43. The average molecular weight is 520 g/mol. The first-order valence-corrected chi connectivity index (χ1v) is 13.3. The number of urea groups is 1. The zero-order valence-corrected chi connectivity index (χ0v) is 21.4. The van der Waals surface area contributed by atoms with Crippen molar-refractivity contribution < 1.29 is 14.3 Å². The van der Waals surface area contributed by atoms with Gasteiger partial charge in [0.2, 0.25) is 0 Å². The van der Waals surface area contributed by atoms with E-state index in [2.05, 4.69) is 50.7 Å². The monoisotopic (exact) mass is 519 g/mol. The minimum absolute atomic E-state index is 0.0823. The number of rotatable bonds is 3. The molecule has 3 aromatic rings. The second-order valence-corrected chi connectivity index (χ2v) is 10.3. The number of hydrogen-bond acceptors (Lipinski definition) is 6. The Balaban J connectivity index is 1.11. The molecule has 9 heteroatoms. The van der Waals surface area contributed by atoms with Crippen LogP contribution >= 0.6 is 11.6 Å². The molecule has 0 saturated carbocycles. The van der Waals surface area contributed by atoms with Crippen molar-refractivity contribution in [2.45, 2.75) is 31.3 Å². The van der Waals surface area contributed by atoms with E-state index >= 15 is 0 Å². The van der Waals surface area contributed by atoms with Gasteiger partial charge in [0.15, 0.2) is 11.0 Å². The standard InChI is InChI=1S/C28H30ClN5O3/c29-25-8-9-26(32-31-25)33-12-1-10-28(11-13-33)19-22-18-21(4-7-24(22)37-28)20-2-5-23(6-3-20)30-27(35)34-14-16-36-17-15-34/h2-9,18H,1,10-17,19H2,(H,30,35). The number of ether oxygens (including phenoxy) is 2. The summed E-state index contributed by atoms with van der Waals surface area (Å²) in [7, 11) is 0. The molecular weight excluding hydrogens is 490 g/mol. The molecule has 1 unspecified atom stereocenters. The fraction of sp³-hybridized carbons (Fsp3) is 0.393. The molecule has 1 N–H and O–H groups in total. The van der Waals surface area contributed by atoms with E-state index in [1.54, 1.807) is 11.0 Å². The summed E-state index contributed by atoms with van der Waals surface area (Å²) in [5.41, 5.74) is 4.13. The number of fused-ring (bicyclic) bond motifs is 1. The summed E-state index contributed by atoms with van der Waals surface area (Å²) in [5.74, 6) is 1.85. The maximum absolute atomic E-state index is 12.5. The number of halogens is 1. The van der Waals surface area contributed by atoms with Crippen LogP contribution in [0.4, 0.5) is 16.3 Å². The van der Waals surface area contributed by atoms with Crippen molar-refractivity contribution in [2.24, 2.45) is 0 Å². The predicted molar refractivity (Wildman–Crippen MR) is 143 cm³/mol. The summed E-state index contributed by atoms with van der Waals surface area (Å²) in [5, 5.41) is 11.7. The Bertz CT molecular complexity index is 1260. The van der Waals surface area contributed by atoms with Gasteiger partial charge in [-0.25, -0.2) is 4.79 Å². The lowest BCUT2D eigenvalue weighted by Crippen LogP contribution is -2.43. The molecule has 0 bridgehead atoms. The lowest BCUT2D eigenvalue weighted by molar-refractivity contribution is 0.0564. The van der Waals surface area contributed by atoms with Gasteiger partial charge in [0.25, 0.3) is 0 Å². The normalized spacial score (nSPS) is 21.3. The summed E-state index contributed by atoms with van der Waals surface area (Å²) in [4.78, 5) is 16.5. The van der Waals surface area contributed by atoms with Crippen molar-refractivity contribution in [3.05, 3.63) is 65.3 Å². The Hall–Kier alpha value is -3.36. The third-order valence-electron chi connectivity index (χ3n) is 7.51. The van der Waals surface area contributed by atoms with E-state index in [9.17, 15) is 4.79 Å². The molecule has 2 saturated heterocycles. The maximum Gasteiger partial charge on any atom is 0.321 e. The number of amides is 2. The first-order valence-electron chi connectivity index (χ1n) is 12.9. The molecule has 1 atom stereocenters. The number of nitrogens with zero attached hydrogens (tertiary/aromatic N) is 4. The number of hydrogen-bond donors (Lipinski definition) is 1. The number of aromatic nitrogens is 2. The Morgan fingerprint density at radius 3 is 2.51 bits per heavy atom. The number of nitrogens with one attached hydrogen (secondary N) is 1. The van der Waals surface area contributed by atoms with E-state index in [1.165, 1.54) is 5.56 Å². The molecule has 2 amide bonds. The van der Waals surface area contributed by atoms with Gasteiger partial charge in [0.05, 0.1) is 13.2 Å². The summed E-state index contributed by atoms with van der Waals surface area (Å²) in [6.45, 7) is 4.22. The third-order valence-corrected chi connectivity index (χ3v) is 7.71. The van der Waals surface area contributed by atoms with Gasteiger partial charge in [-0.05, 0) is 65.9 Å². The number of anilines is 2. The van der Waals surface area contributed by atoms with Crippen LogP contribution in [0.1, 0.15) is 24.8 Å². The van der Waals surface area contributed by atoms with E-state index in [0.29, 0.717) is 31.5 Å². The highest BCUT2D eigenvalue weighted by molar-refractivity contribution is 6.29. The number of benzene rings is 2. The van der Waals surface area contributed by atoms with Crippen LogP contribution < -0.4 is 15.0 Å². The lowest BCUT2D eigenvalue weighted by atomic mass is 9.89. The molecule has 1 aromatic heterocycles. The second-order valence-electron chi connectivity index (χ2n) is 9.95. The van der Waals surface area contributed by atoms with E-state index in [0.717, 1.165) is 67.2 Å². The number of morpholine rings is 1. The highest BCUT2D eigenvalue weighted by Gasteiger charge is 2.40. The van der Waals surface area contributed by atoms with Gasteiger partial charge in [-0.2, -0.15) is 0 Å². The van der Waals surface area contributed by atoms with Gasteiger partial charge in [-0.15, -0.1) is 10.2 Å². The Kier molecular flexibility index (Phi) is 6.61. The smallest absolute Gasteiger partial charge is 0.321 e. The second kappa shape index (κ2) is 10.2. The molecule has 0 aliphatic carbocycles. The fourth-order valence-electron chi connectivity index (χ4n) is 5.48. The molecule has 1 spiro atoms. The van der Waals surface area contributed by atoms with Crippen LogP contribution in [0.2, 0.25) is 5.15 Å². The molecule has 0 radical (unpaired) electrons. The Labute approximate surface area is 221 Å². The molecule has 3 aliphatic heterocycles. The van der Waals surface area contributed by atoms with Crippen LogP contribution in [-0.2, 0) is 11.2 Å². The van der Waals surface area contributed by atoms with Crippen molar-refractivity contribution in [3.63, 3.8) is 0 Å². The minimum Gasteiger partial charge on any atom is -0.487 e. The average Bonchev–Trinajstić information content (AvgIpc) is 3.17. The Morgan fingerprint density at radius 1 is 0.919 bits per heavy atom. The summed E-state index contributed by atoms with van der Waals surface area (Å²) in [6, 6.07) is 18.1. The van der Waals surface area contributed by atoms with Crippen LogP contribution in [0.3, 0.4) is 0 Å². The summed E-state index contributed by atoms with van der Waals surface area (Å²) < 4.78 is 11.9. The summed E-state index contributed by atoms with van der Waals surface area (Å²) >= 11 is 5.91. The van der Waals surface area contributed by atoms with E-state index < -0.39 is 0 Å². The van der Waals surface area contributed by atoms with Crippen molar-refractivity contribution in [1.29, 1.82) is 0 Å². The SMILES string of the molecule is O=C(Nc1ccc(-c2ccc3c(c2)CC2(CCCN(c4ccc(Cl)nn4)CC2)O3)cc1)N1CCOCC1. The lowest BCUT2D eigenvalue weighted by Gasteiger charge is -2.27. The quantitative estimate of drug-likeness (QED) is 0.523. The first-order chi connectivity index (χ1) is 18.1. The van der Waals surface area contributed by atoms with Gasteiger partial charge >= 0.3 is 6.03 Å². The number of carbonyl (C=O) groups excluding carboxylic acids is 1. The molecule has 2 aromatic carbocycles. The van der Waals surface area contributed by atoms with Crippen molar-refractivity contribution in [1.82, 2.24) is 15.1 Å². The largest absolute Gasteiger partial charge is 0.487 e. The molecule has 192 valence electrons. The fourth-order valence-corrected chi connectivity index (χ4v) is 5.58. The molecule has 2 fully saturated rings. The van der Waals surface area contributed by atoms with Gasteiger partial charge in [-0.1, -0.05) is 29.8 Å². The maximum atomic E-state index is 12.5. The van der Waals surface area contributed by atoms with E-state index in [4.69, 9.17) is 21.1 Å².